The van der Waals surface area contributed by atoms with E-state index >= 15 is 0 Å². The standard InChI is InChI=1S/C14H16N6O2/c21-13(12-10-15-3-4-16-12)18-9-11-1-2-17-14(19-11)20-5-7-22-8-6-20/h1-4,10H,5-9H2,(H,18,21). The van der Waals surface area contributed by atoms with E-state index in [1.165, 1.54) is 18.6 Å². The van der Waals surface area contributed by atoms with Crippen LogP contribution in [0.5, 0.6) is 0 Å². The maximum atomic E-state index is 11.9. The molecule has 3 heterocycles. The smallest absolute Gasteiger partial charge is 0.271 e. The van der Waals surface area contributed by atoms with Crippen molar-refractivity contribution in [2.75, 3.05) is 31.2 Å². The highest BCUT2D eigenvalue weighted by atomic mass is 16.5. The summed E-state index contributed by atoms with van der Waals surface area (Å²) in [5.74, 6) is 0.384. The average molecular weight is 300 g/mol. The molecule has 8 nitrogen and oxygen atoms in total. The second-order valence-electron chi connectivity index (χ2n) is 4.72. The van der Waals surface area contributed by atoms with Gasteiger partial charge >= 0.3 is 0 Å². The van der Waals surface area contributed by atoms with Crippen molar-refractivity contribution in [3.63, 3.8) is 0 Å². The topological polar surface area (TPSA) is 93.1 Å². The number of rotatable bonds is 4. The number of amides is 1. The third-order valence-electron chi connectivity index (χ3n) is 3.22. The molecule has 8 heteroatoms. The molecule has 0 bridgehead atoms. The number of nitrogens with zero attached hydrogens (tertiary/aromatic N) is 5. The van der Waals surface area contributed by atoms with Crippen molar-refractivity contribution in [1.29, 1.82) is 0 Å². The van der Waals surface area contributed by atoms with Crippen LogP contribution in [-0.4, -0.2) is 52.1 Å². The van der Waals surface area contributed by atoms with E-state index < -0.39 is 0 Å². The van der Waals surface area contributed by atoms with Gasteiger partial charge in [0.25, 0.3) is 5.91 Å². The van der Waals surface area contributed by atoms with Crippen LogP contribution >= 0.6 is 0 Å². The summed E-state index contributed by atoms with van der Waals surface area (Å²) in [4.78, 5) is 30.6. The van der Waals surface area contributed by atoms with E-state index in [4.69, 9.17) is 4.74 Å². The Kier molecular flexibility index (Phi) is 4.50. The number of ether oxygens (including phenoxy) is 1. The molecule has 0 atom stereocenters. The van der Waals surface area contributed by atoms with E-state index in [0.29, 0.717) is 25.7 Å². The Morgan fingerprint density at radius 2 is 2.09 bits per heavy atom. The van der Waals surface area contributed by atoms with Crippen LogP contribution in [0.15, 0.2) is 30.9 Å². The highest BCUT2D eigenvalue weighted by Crippen LogP contribution is 2.09. The van der Waals surface area contributed by atoms with Crippen molar-refractivity contribution in [2.24, 2.45) is 0 Å². The molecular formula is C14H16N6O2. The van der Waals surface area contributed by atoms with E-state index in [1.807, 2.05) is 0 Å². The second kappa shape index (κ2) is 6.90. The monoisotopic (exact) mass is 300 g/mol. The molecule has 2 aromatic heterocycles. The Morgan fingerprint density at radius 3 is 2.86 bits per heavy atom. The molecule has 0 radical (unpaired) electrons. The summed E-state index contributed by atoms with van der Waals surface area (Å²) >= 11 is 0. The Balaban J connectivity index is 1.62. The van der Waals surface area contributed by atoms with Crippen molar-refractivity contribution in [3.8, 4) is 0 Å². The summed E-state index contributed by atoms with van der Waals surface area (Å²) in [6.07, 6.45) is 6.13. The van der Waals surface area contributed by atoms with E-state index in [1.54, 1.807) is 12.3 Å². The number of anilines is 1. The van der Waals surface area contributed by atoms with Gasteiger partial charge < -0.3 is 15.0 Å². The lowest BCUT2D eigenvalue weighted by atomic mass is 10.3. The molecular weight excluding hydrogens is 284 g/mol. The SMILES string of the molecule is O=C(NCc1ccnc(N2CCOCC2)n1)c1cnccn1. The molecule has 0 aromatic carbocycles. The third kappa shape index (κ3) is 3.53. The number of nitrogens with one attached hydrogen (secondary N) is 1. The normalized spacial score (nSPS) is 14.6. The van der Waals surface area contributed by atoms with Gasteiger partial charge in [0.2, 0.25) is 5.95 Å². The molecule has 2 aromatic rings. The fraction of sp³-hybridized carbons (Fsp3) is 0.357. The second-order valence-corrected chi connectivity index (χ2v) is 4.72. The zero-order valence-electron chi connectivity index (χ0n) is 12.0. The van der Waals surface area contributed by atoms with E-state index in [-0.39, 0.29) is 11.6 Å². The van der Waals surface area contributed by atoms with Crippen molar-refractivity contribution in [2.45, 2.75) is 6.54 Å². The van der Waals surface area contributed by atoms with Gasteiger partial charge in [-0.15, -0.1) is 0 Å². The average Bonchev–Trinajstić information content (AvgIpc) is 2.61. The molecule has 114 valence electrons. The first-order chi connectivity index (χ1) is 10.8. The van der Waals surface area contributed by atoms with Gasteiger partial charge in [-0.05, 0) is 6.07 Å². The third-order valence-corrected chi connectivity index (χ3v) is 3.22. The van der Waals surface area contributed by atoms with Crippen LogP contribution in [0.2, 0.25) is 0 Å². The first-order valence-electron chi connectivity index (χ1n) is 7.02. The quantitative estimate of drug-likeness (QED) is 0.851. The Labute approximate surface area is 127 Å². The first kappa shape index (κ1) is 14.3. The molecule has 1 amide bonds. The van der Waals surface area contributed by atoms with Crippen molar-refractivity contribution in [3.05, 3.63) is 42.2 Å². The van der Waals surface area contributed by atoms with Gasteiger partial charge in [0.1, 0.15) is 5.69 Å². The molecule has 0 spiro atoms. The van der Waals surface area contributed by atoms with Crippen LogP contribution < -0.4 is 10.2 Å². The lowest BCUT2D eigenvalue weighted by molar-refractivity contribution is 0.0945. The largest absolute Gasteiger partial charge is 0.378 e. The molecule has 0 unspecified atom stereocenters. The molecule has 1 N–H and O–H groups in total. The maximum Gasteiger partial charge on any atom is 0.271 e. The number of morpholine rings is 1. The first-order valence-corrected chi connectivity index (χ1v) is 7.02. The Bertz CT molecular complexity index is 630. The molecule has 1 saturated heterocycles. The summed E-state index contributed by atoms with van der Waals surface area (Å²) in [7, 11) is 0. The Hall–Kier alpha value is -2.61. The molecule has 0 aliphatic carbocycles. The van der Waals surface area contributed by atoms with Gasteiger partial charge in [-0.2, -0.15) is 0 Å². The van der Waals surface area contributed by atoms with E-state index in [2.05, 4.69) is 30.2 Å². The minimum Gasteiger partial charge on any atom is -0.378 e. The molecule has 1 fully saturated rings. The number of carbonyl (C=O) groups excluding carboxylic acids is 1. The van der Waals surface area contributed by atoms with Gasteiger partial charge in [0, 0.05) is 31.7 Å². The van der Waals surface area contributed by atoms with E-state index in [9.17, 15) is 4.79 Å². The van der Waals surface area contributed by atoms with Gasteiger partial charge in [-0.25, -0.2) is 15.0 Å². The number of carbonyl (C=O) groups is 1. The lowest BCUT2D eigenvalue weighted by Gasteiger charge is -2.26. The summed E-state index contributed by atoms with van der Waals surface area (Å²) < 4.78 is 5.31. The van der Waals surface area contributed by atoms with Gasteiger partial charge in [0.15, 0.2) is 0 Å². The molecule has 0 saturated carbocycles. The molecule has 1 aliphatic heterocycles. The zero-order valence-corrected chi connectivity index (χ0v) is 12.0. The number of hydrogen-bond donors (Lipinski definition) is 1. The van der Waals surface area contributed by atoms with Gasteiger partial charge in [0.05, 0.1) is 31.6 Å². The van der Waals surface area contributed by atoms with Crippen LogP contribution in [-0.2, 0) is 11.3 Å². The van der Waals surface area contributed by atoms with Crippen LogP contribution in [0, 0.1) is 0 Å². The minimum absolute atomic E-state index is 0.278. The predicted molar refractivity (Wildman–Crippen MR) is 78.3 cm³/mol. The summed E-state index contributed by atoms with van der Waals surface area (Å²) in [5.41, 5.74) is 1.03. The highest BCUT2D eigenvalue weighted by molar-refractivity contribution is 5.91. The fourth-order valence-electron chi connectivity index (χ4n) is 2.08. The van der Waals surface area contributed by atoms with Gasteiger partial charge in [-0.1, -0.05) is 0 Å². The summed E-state index contributed by atoms with van der Waals surface area (Å²) in [6, 6.07) is 1.78. The van der Waals surface area contributed by atoms with Crippen LogP contribution in [0.1, 0.15) is 16.2 Å². The molecule has 3 rings (SSSR count). The molecule has 1 aliphatic rings. The molecule has 22 heavy (non-hydrogen) atoms. The number of aromatic nitrogens is 4. The van der Waals surface area contributed by atoms with E-state index in [0.717, 1.165) is 18.8 Å². The highest BCUT2D eigenvalue weighted by Gasteiger charge is 2.14. The van der Waals surface area contributed by atoms with Crippen LogP contribution in [0.25, 0.3) is 0 Å². The predicted octanol–water partition coefficient (Wildman–Crippen LogP) is 0.0332. The fourth-order valence-corrected chi connectivity index (χ4v) is 2.08. The lowest BCUT2D eigenvalue weighted by Crippen LogP contribution is -2.37. The Morgan fingerprint density at radius 1 is 1.23 bits per heavy atom. The minimum atomic E-state index is -0.278. The van der Waals surface area contributed by atoms with Crippen LogP contribution in [0.3, 0.4) is 0 Å². The van der Waals surface area contributed by atoms with Crippen molar-refractivity contribution < 1.29 is 9.53 Å². The van der Waals surface area contributed by atoms with Gasteiger partial charge in [-0.3, -0.25) is 9.78 Å². The van der Waals surface area contributed by atoms with Crippen LogP contribution in [0.4, 0.5) is 5.95 Å². The van der Waals surface area contributed by atoms with Crippen molar-refractivity contribution >= 4 is 11.9 Å². The zero-order chi connectivity index (χ0) is 15.2. The maximum absolute atomic E-state index is 11.9. The number of hydrogen-bond acceptors (Lipinski definition) is 7. The summed E-state index contributed by atoms with van der Waals surface area (Å²) in [5, 5.41) is 2.77. The summed E-state index contributed by atoms with van der Waals surface area (Å²) in [6.45, 7) is 3.22. The van der Waals surface area contributed by atoms with Crippen molar-refractivity contribution in [1.82, 2.24) is 25.3 Å².